The Kier molecular flexibility index (Phi) is 38.4. The summed E-state index contributed by atoms with van der Waals surface area (Å²) in [4.78, 5) is 24.3. The van der Waals surface area contributed by atoms with Crippen LogP contribution in [0.25, 0.3) is 0 Å². The molecule has 74 heavy (non-hydrogen) atoms. The zero-order valence-electron chi connectivity index (χ0n) is 45.5. The van der Waals surface area contributed by atoms with E-state index < -0.39 is 119 Å². The number of hydrogen-bond acceptors (Lipinski definition) is 17. The van der Waals surface area contributed by atoms with Crippen LogP contribution in [0.4, 0.5) is 0 Å². The fourth-order valence-electron chi connectivity index (χ4n) is 10.1. The molecule has 1 heterocycles. The van der Waals surface area contributed by atoms with Crippen molar-refractivity contribution in [3.8, 4) is 0 Å². The third kappa shape index (κ3) is 27.8. The van der Waals surface area contributed by atoms with Gasteiger partial charge in [0.05, 0.1) is 31.4 Å². The van der Waals surface area contributed by atoms with Crippen molar-refractivity contribution in [3.63, 3.8) is 0 Å². The van der Waals surface area contributed by atoms with Crippen molar-refractivity contribution >= 4 is 13.7 Å². The first-order valence-electron chi connectivity index (χ1n) is 29.3. The molecule has 2 fully saturated rings. The van der Waals surface area contributed by atoms with Gasteiger partial charge < -0.3 is 76.5 Å². The average Bonchev–Trinajstić information content (AvgIpc) is 3.38. The van der Waals surface area contributed by atoms with Crippen LogP contribution in [0.2, 0.25) is 0 Å². The second-order valence-electron chi connectivity index (χ2n) is 21.6. The number of nitrogens with two attached hydrogens (primary N) is 1. The van der Waals surface area contributed by atoms with Gasteiger partial charge in [0.25, 0.3) is 0 Å². The van der Waals surface area contributed by atoms with Gasteiger partial charge in [-0.1, -0.05) is 219 Å². The van der Waals surface area contributed by atoms with Crippen LogP contribution in [0, 0.1) is 0 Å². The second-order valence-corrected chi connectivity index (χ2v) is 23.0. The van der Waals surface area contributed by atoms with Gasteiger partial charge in [-0.15, -0.1) is 0 Å². The summed E-state index contributed by atoms with van der Waals surface area (Å²) in [5, 5.41) is 109. The molecule has 0 radical (unpaired) electrons. The number of ether oxygens (including phenoxy) is 2. The van der Waals surface area contributed by atoms with E-state index in [1.807, 2.05) is 0 Å². The van der Waals surface area contributed by atoms with Crippen molar-refractivity contribution < 1.29 is 83.8 Å². The number of unbranched alkanes of at least 4 members (excludes halogenated alkanes) is 30. The van der Waals surface area contributed by atoms with E-state index in [-0.39, 0.29) is 12.8 Å². The van der Waals surface area contributed by atoms with Gasteiger partial charge in [0.1, 0.15) is 67.1 Å². The van der Waals surface area contributed by atoms with E-state index in [4.69, 9.17) is 24.3 Å². The van der Waals surface area contributed by atoms with Crippen LogP contribution in [0.15, 0.2) is 0 Å². The van der Waals surface area contributed by atoms with Crippen molar-refractivity contribution in [2.24, 2.45) is 5.73 Å². The fourth-order valence-corrected chi connectivity index (χ4v) is 11.0. The SMILES string of the molecule is CCCCCCCCCCCCCCCCCCCCCC[C@H](O)C(=O)N[C@@H](COP(=O)(O)O[C@H]1[C@H](O)[C@@H](O)[C@H](O)[C@@H](O)[C@H]1O[C@H]1O[C@H](CO)[C@@H](O)[C@H](O)[C@H]1N)[C@H](O)[C@@H](O)CCCCCCCCCCCCCC. The highest BCUT2D eigenvalue weighted by Gasteiger charge is 2.55. The first kappa shape index (κ1) is 69.2. The number of phosphoric acid groups is 1. The Hall–Kier alpha value is -0.940. The number of phosphoric ester groups is 1. The molecule has 1 aliphatic heterocycles. The molecule has 1 saturated carbocycles. The number of carbonyl (C=O) groups is 1. The summed E-state index contributed by atoms with van der Waals surface area (Å²) in [5.41, 5.74) is 5.97. The molecule has 14 N–H and O–H groups in total. The van der Waals surface area contributed by atoms with E-state index in [0.29, 0.717) is 12.8 Å². The third-order valence-corrected chi connectivity index (χ3v) is 16.0. The molecule has 0 aromatic rings. The Morgan fingerprint density at radius 2 is 0.932 bits per heavy atom. The van der Waals surface area contributed by atoms with Gasteiger partial charge in [0.2, 0.25) is 5.91 Å². The molecule has 0 bridgehead atoms. The predicted octanol–water partition coefficient (Wildman–Crippen LogP) is 5.97. The van der Waals surface area contributed by atoms with Crippen molar-refractivity contribution in [1.29, 1.82) is 0 Å². The molecule has 20 heteroatoms. The van der Waals surface area contributed by atoms with Gasteiger partial charge in [-0.3, -0.25) is 13.8 Å². The number of aliphatic hydroxyl groups excluding tert-OH is 10. The van der Waals surface area contributed by atoms with Crippen LogP contribution in [0.3, 0.4) is 0 Å². The monoisotopic (exact) mass is 1090 g/mol. The van der Waals surface area contributed by atoms with Crippen LogP contribution in [0.5, 0.6) is 0 Å². The molecule has 1 aliphatic carbocycles. The minimum atomic E-state index is -5.46. The number of amides is 1. The first-order valence-corrected chi connectivity index (χ1v) is 30.8. The Balaban J connectivity index is 1.93. The van der Waals surface area contributed by atoms with Gasteiger partial charge in [0.15, 0.2) is 6.29 Å². The number of hydrogen-bond donors (Lipinski definition) is 13. The molecular formula is C54H107N2O17P. The highest BCUT2D eigenvalue weighted by atomic mass is 31.2. The van der Waals surface area contributed by atoms with E-state index in [0.717, 1.165) is 51.4 Å². The standard InChI is InChI=1S/C54H107N2O17P/c1-3-5-7-9-11-13-15-17-18-19-20-21-22-23-24-26-28-30-32-34-36-41(59)53(67)56-39(44(60)40(58)35-33-31-29-27-25-16-14-12-10-8-6-4-2)38-70-74(68,69)73-52-50(66)48(64)47(63)49(65)51(52)72-54-43(55)46(62)45(61)42(37-57)71-54/h39-52,54,57-66H,3-38,55H2,1-2H3,(H,56,67)(H,68,69)/t39-,40-,41-,42+,43+,44-,45+,46+,47-,48-,49+,50+,51+,52-,54+/m0/s1. The minimum absolute atomic E-state index is 0.109. The normalized spacial score (nSPS) is 27.9. The molecule has 1 amide bonds. The molecule has 1 saturated heterocycles. The zero-order chi connectivity index (χ0) is 54.7. The van der Waals surface area contributed by atoms with Crippen LogP contribution < -0.4 is 11.1 Å². The van der Waals surface area contributed by atoms with Crippen molar-refractivity contribution in [1.82, 2.24) is 5.32 Å². The van der Waals surface area contributed by atoms with E-state index in [1.165, 1.54) is 141 Å². The van der Waals surface area contributed by atoms with Crippen LogP contribution >= 0.6 is 7.82 Å². The smallest absolute Gasteiger partial charge is 0.394 e. The Bertz CT molecular complexity index is 1430. The lowest BCUT2D eigenvalue weighted by Gasteiger charge is -2.47. The molecule has 1 unspecified atom stereocenters. The molecular weight excluding hydrogens is 980 g/mol. The molecule has 2 rings (SSSR count). The average molecular weight is 1090 g/mol. The lowest BCUT2D eigenvalue weighted by atomic mass is 9.84. The summed E-state index contributed by atoms with van der Waals surface area (Å²) in [7, 11) is -5.46. The quantitative estimate of drug-likeness (QED) is 0.0247. The van der Waals surface area contributed by atoms with Gasteiger partial charge >= 0.3 is 7.82 Å². The zero-order valence-corrected chi connectivity index (χ0v) is 46.4. The summed E-state index contributed by atoms with van der Waals surface area (Å²) < 4.78 is 35.1. The molecule has 16 atom stereocenters. The second kappa shape index (κ2) is 41.1. The number of nitrogens with one attached hydrogen (secondary N) is 1. The fraction of sp³-hybridized carbons (Fsp3) is 0.981. The van der Waals surface area contributed by atoms with Gasteiger partial charge in [0, 0.05) is 0 Å². The van der Waals surface area contributed by atoms with E-state index >= 15 is 0 Å². The number of rotatable bonds is 46. The summed E-state index contributed by atoms with van der Waals surface area (Å²) in [6.45, 7) is 2.67. The van der Waals surface area contributed by atoms with Gasteiger partial charge in [-0.25, -0.2) is 4.57 Å². The molecule has 2 aliphatic rings. The molecule has 19 nitrogen and oxygen atoms in total. The number of aliphatic hydroxyl groups is 10. The Morgan fingerprint density at radius 3 is 1.34 bits per heavy atom. The maximum Gasteiger partial charge on any atom is 0.472 e. The Labute approximate surface area is 444 Å². The third-order valence-electron chi connectivity index (χ3n) is 15.1. The summed E-state index contributed by atoms with van der Waals surface area (Å²) in [5.74, 6) is -0.907. The first-order chi connectivity index (χ1) is 35.5. The van der Waals surface area contributed by atoms with Crippen LogP contribution in [-0.4, -0.2) is 167 Å². The summed E-state index contributed by atoms with van der Waals surface area (Å²) in [6.07, 6.45) is 13.5. The number of carbonyl (C=O) groups excluding carboxylic acids is 1. The predicted molar refractivity (Wildman–Crippen MR) is 284 cm³/mol. The minimum Gasteiger partial charge on any atom is -0.394 e. The van der Waals surface area contributed by atoms with Gasteiger partial charge in [-0.2, -0.15) is 0 Å². The Morgan fingerprint density at radius 1 is 0.554 bits per heavy atom. The van der Waals surface area contributed by atoms with Crippen molar-refractivity contribution in [2.45, 2.75) is 324 Å². The van der Waals surface area contributed by atoms with Gasteiger partial charge in [-0.05, 0) is 12.8 Å². The molecule has 0 spiro atoms. The highest BCUT2D eigenvalue weighted by molar-refractivity contribution is 7.47. The summed E-state index contributed by atoms with van der Waals surface area (Å²) in [6, 6.07) is -3.11. The van der Waals surface area contributed by atoms with E-state index in [2.05, 4.69) is 19.2 Å². The highest BCUT2D eigenvalue weighted by Crippen LogP contribution is 2.48. The van der Waals surface area contributed by atoms with E-state index in [9.17, 15) is 65.3 Å². The largest absolute Gasteiger partial charge is 0.472 e. The van der Waals surface area contributed by atoms with E-state index in [1.54, 1.807) is 0 Å². The molecule has 0 aromatic carbocycles. The van der Waals surface area contributed by atoms with Crippen LogP contribution in [0.1, 0.15) is 232 Å². The maximum absolute atomic E-state index is 13.6. The lowest BCUT2D eigenvalue weighted by molar-refractivity contribution is -0.315. The van der Waals surface area contributed by atoms with Crippen molar-refractivity contribution in [3.05, 3.63) is 0 Å². The maximum atomic E-state index is 13.6. The lowest BCUT2D eigenvalue weighted by Crippen LogP contribution is -2.68. The topological polar surface area (TPSA) is 332 Å². The van der Waals surface area contributed by atoms with Crippen molar-refractivity contribution in [2.75, 3.05) is 13.2 Å². The van der Waals surface area contributed by atoms with Crippen LogP contribution in [-0.2, 0) is 27.9 Å². The molecule has 440 valence electrons. The summed E-state index contributed by atoms with van der Waals surface area (Å²) >= 11 is 0. The molecule has 0 aromatic heterocycles.